The average Bonchev–Trinajstić information content (AvgIpc) is 2.85. The molecule has 4 N–H and O–H groups in total. The fourth-order valence-corrected chi connectivity index (χ4v) is 4.62. The Kier molecular flexibility index (Phi) is 6.93. The summed E-state index contributed by atoms with van der Waals surface area (Å²) in [5, 5.41) is 7.74. The molecule has 0 radical (unpaired) electrons. The number of quaternary nitrogens is 1. The van der Waals surface area contributed by atoms with E-state index in [1.54, 1.807) is 4.90 Å². The number of nitrogens with zero attached hydrogens (tertiary/aromatic N) is 4. The van der Waals surface area contributed by atoms with E-state index < -0.39 is 23.9 Å². The highest BCUT2D eigenvalue weighted by molar-refractivity contribution is 5.97. The van der Waals surface area contributed by atoms with E-state index in [0.717, 1.165) is 32.4 Å². The third-order valence-corrected chi connectivity index (χ3v) is 6.43. The van der Waals surface area contributed by atoms with E-state index >= 15 is 0 Å². The van der Waals surface area contributed by atoms with E-state index in [1.807, 2.05) is 0 Å². The SMILES string of the molecule is O=C1NCCC[C@@H]1NC(=O)[C@@H]1CN(C(=O)C2CC[NH2+]CC2)CCN1C(=O)c1cnccn1. The van der Waals surface area contributed by atoms with Crippen molar-refractivity contribution >= 4 is 23.6 Å². The van der Waals surface area contributed by atoms with Crippen molar-refractivity contribution < 1.29 is 24.5 Å². The van der Waals surface area contributed by atoms with Crippen molar-refractivity contribution in [3.63, 3.8) is 0 Å². The molecule has 0 unspecified atom stereocenters. The maximum Gasteiger partial charge on any atom is 0.274 e. The van der Waals surface area contributed by atoms with E-state index in [0.29, 0.717) is 19.5 Å². The van der Waals surface area contributed by atoms with Gasteiger partial charge in [-0.05, 0) is 12.8 Å². The summed E-state index contributed by atoms with van der Waals surface area (Å²) in [6.07, 6.45) is 7.21. The Morgan fingerprint density at radius 3 is 2.66 bits per heavy atom. The summed E-state index contributed by atoms with van der Waals surface area (Å²) in [4.78, 5) is 62.7. The third kappa shape index (κ3) is 4.87. The predicted molar refractivity (Wildman–Crippen MR) is 112 cm³/mol. The van der Waals surface area contributed by atoms with Gasteiger partial charge in [0.2, 0.25) is 17.7 Å². The molecule has 3 aliphatic rings. The van der Waals surface area contributed by atoms with Gasteiger partial charge in [-0.3, -0.25) is 24.2 Å². The van der Waals surface area contributed by atoms with E-state index in [2.05, 4.69) is 25.9 Å². The normalized spacial score (nSPS) is 24.6. The number of amides is 4. The maximum absolute atomic E-state index is 13.2. The minimum atomic E-state index is -0.896. The molecule has 3 saturated heterocycles. The molecule has 172 valence electrons. The van der Waals surface area contributed by atoms with E-state index in [-0.39, 0.29) is 36.5 Å². The molecule has 11 nitrogen and oxygen atoms in total. The van der Waals surface area contributed by atoms with Crippen molar-refractivity contribution in [2.45, 2.75) is 37.8 Å². The first-order valence-electron chi connectivity index (χ1n) is 11.3. The number of rotatable bonds is 4. The molecule has 1 aromatic heterocycles. The number of carbonyl (C=O) groups is 4. The van der Waals surface area contributed by atoms with Gasteiger partial charge in [-0.15, -0.1) is 0 Å². The minimum absolute atomic E-state index is 0.0397. The number of hydrogen-bond donors (Lipinski definition) is 3. The zero-order valence-corrected chi connectivity index (χ0v) is 18.0. The van der Waals surface area contributed by atoms with Gasteiger partial charge < -0.3 is 25.8 Å². The van der Waals surface area contributed by atoms with Crippen molar-refractivity contribution in [1.82, 2.24) is 30.4 Å². The zero-order chi connectivity index (χ0) is 22.5. The molecule has 4 heterocycles. The van der Waals surface area contributed by atoms with Gasteiger partial charge in [0.25, 0.3) is 5.91 Å². The van der Waals surface area contributed by atoms with Crippen LogP contribution in [-0.4, -0.2) is 94.7 Å². The summed E-state index contributed by atoms with van der Waals surface area (Å²) in [7, 11) is 0. The van der Waals surface area contributed by atoms with E-state index in [1.165, 1.54) is 23.5 Å². The molecule has 0 aromatic carbocycles. The Bertz CT molecular complexity index is 859. The van der Waals surface area contributed by atoms with Crippen LogP contribution in [0.5, 0.6) is 0 Å². The third-order valence-electron chi connectivity index (χ3n) is 6.43. The van der Waals surface area contributed by atoms with Crippen molar-refractivity contribution in [2.75, 3.05) is 39.3 Å². The Morgan fingerprint density at radius 1 is 1.12 bits per heavy atom. The first kappa shape index (κ1) is 22.1. The van der Waals surface area contributed by atoms with Crippen LogP contribution in [0, 0.1) is 5.92 Å². The average molecular weight is 445 g/mol. The van der Waals surface area contributed by atoms with Crippen molar-refractivity contribution in [2.24, 2.45) is 5.92 Å². The Labute approximate surface area is 186 Å². The van der Waals surface area contributed by atoms with Crippen LogP contribution in [0.2, 0.25) is 0 Å². The molecule has 3 fully saturated rings. The monoisotopic (exact) mass is 444 g/mol. The number of nitrogens with one attached hydrogen (secondary N) is 2. The van der Waals surface area contributed by atoms with Gasteiger partial charge in [0.15, 0.2) is 0 Å². The summed E-state index contributed by atoms with van der Waals surface area (Å²) in [5.41, 5.74) is 0.142. The summed E-state index contributed by atoms with van der Waals surface area (Å²) < 4.78 is 0. The molecule has 11 heteroatoms. The van der Waals surface area contributed by atoms with E-state index in [4.69, 9.17) is 0 Å². The lowest BCUT2D eigenvalue weighted by Gasteiger charge is -2.42. The summed E-state index contributed by atoms with van der Waals surface area (Å²) in [5.74, 6) is -1.07. The van der Waals surface area contributed by atoms with Gasteiger partial charge in [0, 0.05) is 50.8 Å². The van der Waals surface area contributed by atoms with Crippen LogP contribution in [0.25, 0.3) is 0 Å². The van der Waals surface area contributed by atoms with Crippen molar-refractivity contribution in [3.05, 3.63) is 24.3 Å². The molecule has 0 bridgehead atoms. The number of carbonyl (C=O) groups excluding carboxylic acids is 4. The number of hydrogen-bond acceptors (Lipinski definition) is 6. The lowest BCUT2D eigenvalue weighted by molar-refractivity contribution is -0.664. The first-order chi connectivity index (χ1) is 15.5. The highest BCUT2D eigenvalue weighted by Crippen LogP contribution is 2.19. The molecule has 0 spiro atoms. The van der Waals surface area contributed by atoms with Crippen LogP contribution in [0.1, 0.15) is 36.2 Å². The van der Waals surface area contributed by atoms with Gasteiger partial charge in [-0.25, -0.2) is 4.98 Å². The predicted octanol–water partition coefficient (Wildman–Crippen LogP) is -2.50. The Hall–Kier alpha value is -3.08. The fourth-order valence-electron chi connectivity index (χ4n) is 4.62. The maximum atomic E-state index is 13.2. The Morgan fingerprint density at radius 2 is 1.94 bits per heavy atom. The zero-order valence-electron chi connectivity index (χ0n) is 18.0. The number of nitrogens with two attached hydrogens (primary N) is 1. The van der Waals surface area contributed by atoms with Crippen molar-refractivity contribution in [3.8, 4) is 0 Å². The lowest BCUT2D eigenvalue weighted by Crippen LogP contribution is -2.86. The second-order valence-electron chi connectivity index (χ2n) is 8.52. The fraction of sp³-hybridized carbons (Fsp3) is 0.619. The molecule has 1 aromatic rings. The summed E-state index contributed by atoms with van der Waals surface area (Å²) in [6.45, 7) is 3.11. The van der Waals surface area contributed by atoms with Crippen LogP contribution in [-0.2, 0) is 14.4 Å². The topological polar surface area (TPSA) is 141 Å². The van der Waals surface area contributed by atoms with Gasteiger partial charge >= 0.3 is 0 Å². The standard InChI is InChI=1S/C21H29N7O4/c29-18-15(2-1-5-25-18)26-19(30)17-13-27(20(31)14-3-6-22-7-4-14)10-11-28(17)21(32)16-12-23-8-9-24-16/h8-9,12,14-15,17,22H,1-7,10-11,13H2,(H,25,29)(H,26,30)/p+1/t15-,17-/m0/s1. The number of piperazine rings is 1. The molecular weight excluding hydrogens is 414 g/mol. The van der Waals surface area contributed by atoms with Gasteiger partial charge in [0.1, 0.15) is 17.8 Å². The van der Waals surface area contributed by atoms with Gasteiger partial charge in [-0.1, -0.05) is 0 Å². The largest absolute Gasteiger partial charge is 0.354 e. The molecule has 3 aliphatic heterocycles. The molecule has 0 saturated carbocycles. The minimum Gasteiger partial charge on any atom is -0.354 e. The number of piperidine rings is 2. The quantitative estimate of drug-likeness (QED) is 0.469. The van der Waals surface area contributed by atoms with E-state index in [9.17, 15) is 19.2 Å². The molecule has 4 rings (SSSR count). The van der Waals surface area contributed by atoms with Gasteiger partial charge in [-0.2, -0.15) is 0 Å². The molecule has 4 amide bonds. The smallest absolute Gasteiger partial charge is 0.274 e. The van der Waals surface area contributed by atoms with Crippen molar-refractivity contribution in [1.29, 1.82) is 0 Å². The van der Waals surface area contributed by atoms with Crippen LogP contribution < -0.4 is 16.0 Å². The lowest BCUT2D eigenvalue weighted by atomic mass is 9.95. The molecule has 2 atom stereocenters. The molecule has 0 aliphatic carbocycles. The summed E-state index contributed by atoms with van der Waals surface area (Å²) in [6, 6.07) is -1.53. The van der Waals surface area contributed by atoms with Crippen LogP contribution in [0.15, 0.2) is 18.6 Å². The molecular formula is C21H30N7O4+. The second-order valence-corrected chi connectivity index (χ2v) is 8.52. The van der Waals surface area contributed by atoms with Crippen LogP contribution in [0.3, 0.4) is 0 Å². The van der Waals surface area contributed by atoms with Gasteiger partial charge in [0.05, 0.1) is 25.8 Å². The highest BCUT2D eigenvalue weighted by atomic mass is 16.2. The summed E-state index contributed by atoms with van der Waals surface area (Å²) >= 11 is 0. The highest BCUT2D eigenvalue weighted by Gasteiger charge is 2.40. The molecule has 32 heavy (non-hydrogen) atoms. The second kappa shape index (κ2) is 10.0. The number of aromatic nitrogens is 2. The van der Waals surface area contributed by atoms with Crippen LogP contribution in [0.4, 0.5) is 0 Å². The first-order valence-corrected chi connectivity index (χ1v) is 11.3. The van der Waals surface area contributed by atoms with Crippen LogP contribution >= 0.6 is 0 Å². The Balaban J connectivity index is 1.51.